The van der Waals surface area contributed by atoms with Gasteiger partial charge in [0.1, 0.15) is 6.10 Å². The summed E-state index contributed by atoms with van der Waals surface area (Å²) in [4.78, 5) is 11.0. The standard InChI is InChI=1S/C13H22O3/c1-3-4-6-11(14)7-5-8-12-10(2)9-13(15)16-12/h5,7,10-12,14H,3-4,6,8-9H2,1-2H3/b7-5-/t10-,11?,12+/m1/s1. The van der Waals surface area contributed by atoms with Crippen LogP contribution in [0.4, 0.5) is 0 Å². The van der Waals surface area contributed by atoms with Gasteiger partial charge < -0.3 is 9.84 Å². The number of carbonyl (C=O) groups is 1. The Balaban J connectivity index is 2.23. The number of cyclic esters (lactones) is 1. The van der Waals surface area contributed by atoms with Gasteiger partial charge >= 0.3 is 5.97 Å². The average Bonchev–Trinajstić information content (AvgIpc) is 2.55. The predicted molar refractivity (Wildman–Crippen MR) is 62.9 cm³/mol. The Bertz CT molecular complexity index is 248. The fourth-order valence-corrected chi connectivity index (χ4v) is 1.89. The zero-order valence-corrected chi connectivity index (χ0v) is 10.2. The fourth-order valence-electron chi connectivity index (χ4n) is 1.89. The van der Waals surface area contributed by atoms with Crippen LogP contribution in [0, 0.1) is 5.92 Å². The monoisotopic (exact) mass is 226 g/mol. The highest BCUT2D eigenvalue weighted by molar-refractivity contribution is 5.72. The number of ether oxygens (including phenoxy) is 1. The molecule has 0 aromatic heterocycles. The maximum atomic E-state index is 11.0. The number of carbonyl (C=O) groups excluding carboxylic acids is 1. The molecule has 1 unspecified atom stereocenters. The highest BCUT2D eigenvalue weighted by Crippen LogP contribution is 2.24. The largest absolute Gasteiger partial charge is 0.462 e. The summed E-state index contributed by atoms with van der Waals surface area (Å²) in [5.74, 6) is 0.197. The topological polar surface area (TPSA) is 46.5 Å². The van der Waals surface area contributed by atoms with Crippen molar-refractivity contribution in [3.8, 4) is 0 Å². The Morgan fingerprint density at radius 1 is 1.62 bits per heavy atom. The molecular weight excluding hydrogens is 204 g/mol. The van der Waals surface area contributed by atoms with Crippen LogP contribution in [-0.2, 0) is 9.53 Å². The van der Waals surface area contributed by atoms with Gasteiger partial charge in [-0.15, -0.1) is 0 Å². The van der Waals surface area contributed by atoms with Crippen LogP contribution in [0.3, 0.4) is 0 Å². The van der Waals surface area contributed by atoms with Gasteiger partial charge in [0.05, 0.1) is 12.5 Å². The van der Waals surface area contributed by atoms with Crippen molar-refractivity contribution in [1.82, 2.24) is 0 Å². The van der Waals surface area contributed by atoms with E-state index in [1.54, 1.807) is 0 Å². The summed E-state index contributed by atoms with van der Waals surface area (Å²) in [6.07, 6.45) is 7.59. The first-order valence-corrected chi connectivity index (χ1v) is 6.17. The number of rotatable bonds is 6. The molecule has 0 amide bonds. The second-order valence-corrected chi connectivity index (χ2v) is 4.58. The van der Waals surface area contributed by atoms with Crippen molar-refractivity contribution >= 4 is 5.97 Å². The van der Waals surface area contributed by atoms with Crippen molar-refractivity contribution in [3.05, 3.63) is 12.2 Å². The molecule has 0 saturated carbocycles. The number of aliphatic hydroxyl groups excluding tert-OH is 1. The van der Waals surface area contributed by atoms with E-state index in [-0.39, 0.29) is 18.2 Å². The van der Waals surface area contributed by atoms with E-state index in [0.717, 1.165) is 25.7 Å². The molecule has 1 heterocycles. The minimum absolute atomic E-state index is 0.00197. The maximum absolute atomic E-state index is 11.0. The highest BCUT2D eigenvalue weighted by atomic mass is 16.5. The van der Waals surface area contributed by atoms with Gasteiger partial charge in [-0.25, -0.2) is 0 Å². The number of hydrogen-bond donors (Lipinski definition) is 1. The van der Waals surface area contributed by atoms with Crippen LogP contribution in [0.15, 0.2) is 12.2 Å². The predicted octanol–water partition coefficient (Wildman–Crippen LogP) is 2.44. The number of esters is 1. The van der Waals surface area contributed by atoms with Crippen LogP contribution in [0.2, 0.25) is 0 Å². The van der Waals surface area contributed by atoms with Crippen LogP contribution in [0.1, 0.15) is 46.0 Å². The Hall–Kier alpha value is -0.830. The summed E-state index contributed by atoms with van der Waals surface area (Å²) >= 11 is 0. The number of unbranched alkanes of at least 4 members (excludes halogenated alkanes) is 1. The maximum Gasteiger partial charge on any atom is 0.306 e. The SMILES string of the molecule is CCCCC(O)/C=C\C[C@@H]1OC(=O)C[C@H]1C. The molecule has 0 radical (unpaired) electrons. The van der Waals surface area contributed by atoms with Gasteiger partial charge in [-0.3, -0.25) is 4.79 Å². The molecule has 16 heavy (non-hydrogen) atoms. The molecule has 1 aliphatic rings. The molecule has 1 saturated heterocycles. The minimum atomic E-state index is -0.354. The summed E-state index contributed by atoms with van der Waals surface area (Å²) in [5, 5.41) is 9.58. The number of hydrogen-bond acceptors (Lipinski definition) is 3. The van der Waals surface area contributed by atoms with E-state index in [1.165, 1.54) is 0 Å². The molecule has 92 valence electrons. The summed E-state index contributed by atoms with van der Waals surface area (Å²) in [6.45, 7) is 4.13. The van der Waals surface area contributed by atoms with Crippen molar-refractivity contribution in [1.29, 1.82) is 0 Å². The van der Waals surface area contributed by atoms with Gasteiger partial charge in [0, 0.05) is 12.3 Å². The number of aliphatic hydroxyl groups is 1. The quantitative estimate of drug-likeness (QED) is 0.559. The van der Waals surface area contributed by atoms with E-state index < -0.39 is 0 Å². The first kappa shape index (κ1) is 13.2. The van der Waals surface area contributed by atoms with E-state index in [2.05, 4.69) is 6.92 Å². The van der Waals surface area contributed by atoms with E-state index >= 15 is 0 Å². The molecule has 1 aliphatic heterocycles. The van der Waals surface area contributed by atoms with E-state index in [0.29, 0.717) is 12.3 Å². The smallest absolute Gasteiger partial charge is 0.306 e. The third-order valence-electron chi connectivity index (χ3n) is 2.99. The van der Waals surface area contributed by atoms with Gasteiger partial charge in [0.15, 0.2) is 0 Å². The van der Waals surface area contributed by atoms with Crippen LogP contribution < -0.4 is 0 Å². The van der Waals surface area contributed by atoms with Crippen LogP contribution in [0.25, 0.3) is 0 Å². The second-order valence-electron chi connectivity index (χ2n) is 4.58. The van der Waals surface area contributed by atoms with Crippen molar-refractivity contribution < 1.29 is 14.6 Å². The highest BCUT2D eigenvalue weighted by Gasteiger charge is 2.29. The lowest BCUT2D eigenvalue weighted by atomic mass is 10.0. The van der Waals surface area contributed by atoms with Crippen molar-refractivity contribution in [2.45, 2.75) is 58.2 Å². The molecule has 0 spiro atoms. The van der Waals surface area contributed by atoms with Crippen molar-refractivity contribution in [2.24, 2.45) is 5.92 Å². The molecule has 3 heteroatoms. The first-order chi connectivity index (χ1) is 7.63. The first-order valence-electron chi connectivity index (χ1n) is 6.17. The normalized spacial score (nSPS) is 27.3. The summed E-state index contributed by atoms with van der Waals surface area (Å²) in [7, 11) is 0. The Kier molecular flexibility index (Phi) is 5.53. The van der Waals surface area contributed by atoms with Gasteiger partial charge in [0.2, 0.25) is 0 Å². The zero-order chi connectivity index (χ0) is 12.0. The third-order valence-corrected chi connectivity index (χ3v) is 2.99. The van der Waals surface area contributed by atoms with Crippen molar-refractivity contribution in [2.75, 3.05) is 0 Å². The van der Waals surface area contributed by atoms with Gasteiger partial charge in [-0.2, -0.15) is 0 Å². The van der Waals surface area contributed by atoms with Gasteiger partial charge in [0.25, 0.3) is 0 Å². The van der Waals surface area contributed by atoms with E-state index in [1.807, 2.05) is 19.1 Å². The van der Waals surface area contributed by atoms with E-state index in [9.17, 15) is 9.90 Å². The van der Waals surface area contributed by atoms with E-state index in [4.69, 9.17) is 4.74 Å². The second kappa shape index (κ2) is 6.69. The van der Waals surface area contributed by atoms with Crippen LogP contribution in [0.5, 0.6) is 0 Å². The molecule has 0 aromatic rings. The molecule has 1 rings (SSSR count). The molecule has 1 fully saturated rings. The molecular formula is C13H22O3. The Labute approximate surface area is 97.5 Å². The average molecular weight is 226 g/mol. The molecule has 1 N–H and O–H groups in total. The lowest BCUT2D eigenvalue weighted by Gasteiger charge is -2.11. The molecule has 0 aliphatic carbocycles. The summed E-state index contributed by atoms with van der Waals surface area (Å²) in [6, 6.07) is 0. The van der Waals surface area contributed by atoms with Gasteiger partial charge in [-0.05, 0) is 6.42 Å². The summed E-state index contributed by atoms with van der Waals surface area (Å²) < 4.78 is 5.16. The Morgan fingerprint density at radius 2 is 2.38 bits per heavy atom. The molecule has 3 atom stereocenters. The van der Waals surface area contributed by atoms with Crippen molar-refractivity contribution in [3.63, 3.8) is 0 Å². The van der Waals surface area contributed by atoms with Gasteiger partial charge in [-0.1, -0.05) is 38.8 Å². The zero-order valence-electron chi connectivity index (χ0n) is 10.2. The lowest BCUT2D eigenvalue weighted by molar-refractivity contribution is -0.141. The molecule has 0 bridgehead atoms. The lowest BCUT2D eigenvalue weighted by Crippen LogP contribution is -2.12. The Morgan fingerprint density at radius 3 is 2.94 bits per heavy atom. The molecule has 3 nitrogen and oxygen atoms in total. The minimum Gasteiger partial charge on any atom is -0.462 e. The third kappa shape index (κ3) is 4.35. The van der Waals surface area contributed by atoms with Crippen LogP contribution in [-0.4, -0.2) is 23.3 Å². The molecule has 0 aromatic carbocycles. The fraction of sp³-hybridized carbons (Fsp3) is 0.769. The summed E-state index contributed by atoms with van der Waals surface area (Å²) in [5.41, 5.74) is 0. The van der Waals surface area contributed by atoms with Crippen LogP contribution >= 0.6 is 0 Å².